The first kappa shape index (κ1) is 10.9. The minimum Gasteiger partial charge on any atom is -0.322 e. The second kappa shape index (κ2) is 4.52. The van der Waals surface area contributed by atoms with Gasteiger partial charge in [-0.1, -0.05) is 12.1 Å². The predicted molar refractivity (Wildman–Crippen MR) is 58.4 cm³/mol. The molecule has 7 heteroatoms. The zero-order chi connectivity index (χ0) is 12.3. The lowest BCUT2D eigenvalue weighted by atomic mass is 10.3. The van der Waals surface area contributed by atoms with Gasteiger partial charge in [-0.3, -0.25) is 10.1 Å². The molecular formula is C10H7FN4O2. The van der Waals surface area contributed by atoms with Crippen molar-refractivity contribution in [2.45, 2.75) is 0 Å². The second-order valence-electron chi connectivity index (χ2n) is 3.13. The molecule has 1 aromatic heterocycles. The molecule has 6 nitrogen and oxygen atoms in total. The van der Waals surface area contributed by atoms with Crippen LogP contribution in [-0.4, -0.2) is 14.9 Å². The molecule has 0 spiro atoms. The standard InChI is InChI=1S/C10H7FN4O2/c11-8-3-1-2-4-9(8)14-10-12-5-7(6-13-10)15(16)17/h1-6H,(H,12,13,14). The van der Waals surface area contributed by atoms with Crippen molar-refractivity contribution in [2.24, 2.45) is 0 Å². The summed E-state index contributed by atoms with van der Waals surface area (Å²) in [5.74, 6) is -0.352. The number of hydrogen-bond acceptors (Lipinski definition) is 5. The molecule has 0 radical (unpaired) electrons. The van der Waals surface area contributed by atoms with Crippen molar-refractivity contribution in [3.63, 3.8) is 0 Å². The van der Waals surface area contributed by atoms with Crippen molar-refractivity contribution in [2.75, 3.05) is 5.32 Å². The van der Waals surface area contributed by atoms with Gasteiger partial charge in [0.2, 0.25) is 5.95 Å². The molecule has 0 aliphatic heterocycles. The van der Waals surface area contributed by atoms with E-state index in [2.05, 4.69) is 15.3 Å². The van der Waals surface area contributed by atoms with Crippen LogP contribution in [0.4, 0.5) is 21.7 Å². The Morgan fingerprint density at radius 2 is 1.88 bits per heavy atom. The smallest absolute Gasteiger partial charge is 0.305 e. The van der Waals surface area contributed by atoms with Crippen LogP contribution < -0.4 is 5.32 Å². The van der Waals surface area contributed by atoms with E-state index in [-0.39, 0.29) is 17.3 Å². The Kier molecular flexibility index (Phi) is 2.91. The van der Waals surface area contributed by atoms with E-state index in [9.17, 15) is 14.5 Å². The third kappa shape index (κ3) is 2.51. The minimum atomic E-state index is -0.604. The summed E-state index contributed by atoms with van der Waals surface area (Å²) in [6.45, 7) is 0. The van der Waals surface area contributed by atoms with Gasteiger partial charge in [0, 0.05) is 0 Å². The summed E-state index contributed by atoms with van der Waals surface area (Å²) in [5.41, 5.74) is -0.00885. The number of hydrogen-bond donors (Lipinski definition) is 1. The summed E-state index contributed by atoms with van der Waals surface area (Å²) in [5, 5.41) is 13.0. The lowest BCUT2D eigenvalue weighted by molar-refractivity contribution is -0.385. The molecule has 0 amide bonds. The SMILES string of the molecule is O=[N+]([O-])c1cnc(Nc2ccccc2F)nc1. The maximum atomic E-state index is 13.3. The van der Waals surface area contributed by atoms with Gasteiger partial charge in [-0.25, -0.2) is 14.4 Å². The van der Waals surface area contributed by atoms with Crippen molar-refractivity contribution in [1.82, 2.24) is 9.97 Å². The molecule has 1 aromatic carbocycles. The van der Waals surface area contributed by atoms with E-state index >= 15 is 0 Å². The molecular weight excluding hydrogens is 227 g/mol. The van der Waals surface area contributed by atoms with Crippen LogP contribution in [0.25, 0.3) is 0 Å². The van der Waals surface area contributed by atoms with Crippen LogP contribution in [-0.2, 0) is 0 Å². The van der Waals surface area contributed by atoms with E-state index in [1.165, 1.54) is 12.1 Å². The van der Waals surface area contributed by atoms with Gasteiger partial charge in [-0.05, 0) is 12.1 Å². The van der Waals surface area contributed by atoms with E-state index < -0.39 is 10.7 Å². The molecule has 2 rings (SSSR count). The third-order valence-corrected chi connectivity index (χ3v) is 1.97. The molecule has 0 atom stereocenters. The normalized spacial score (nSPS) is 9.94. The fraction of sp³-hybridized carbons (Fsp3) is 0. The highest BCUT2D eigenvalue weighted by Gasteiger charge is 2.07. The van der Waals surface area contributed by atoms with Gasteiger partial charge in [0.15, 0.2) is 0 Å². The zero-order valence-corrected chi connectivity index (χ0v) is 8.50. The quantitative estimate of drug-likeness (QED) is 0.650. The molecule has 86 valence electrons. The number of anilines is 2. The van der Waals surface area contributed by atoms with Crippen molar-refractivity contribution >= 4 is 17.3 Å². The van der Waals surface area contributed by atoms with Crippen molar-refractivity contribution in [3.05, 3.63) is 52.6 Å². The van der Waals surface area contributed by atoms with Gasteiger partial charge < -0.3 is 5.32 Å². The third-order valence-electron chi connectivity index (χ3n) is 1.97. The van der Waals surface area contributed by atoms with Gasteiger partial charge in [0.1, 0.15) is 18.2 Å². The maximum absolute atomic E-state index is 13.3. The van der Waals surface area contributed by atoms with E-state index in [1.54, 1.807) is 12.1 Å². The van der Waals surface area contributed by atoms with Crippen LogP contribution in [0.3, 0.4) is 0 Å². The molecule has 0 saturated heterocycles. The minimum absolute atomic E-state index is 0.0979. The molecule has 17 heavy (non-hydrogen) atoms. The maximum Gasteiger partial charge on any atom is 0.305 e. The van der Waals surface area contributed by atoms with Gasteiger partial charge in [-0.15, -0.1) is 0 Å². The van der Waals surface area contributed by atoms with Crippen LogP contribution in [0, 0.1) is 15.9 Å². The summed E-state index contributed by atoms with van der Waals surface area (Å²) < 4.78 is 13.3. The fourth-order valence-corrected chi connectivity index (χ4v) is 1.16. The van der Waals surface area contributed by atoms with Crippen LogP contribution in [0.15, 0.2) is 36.7 Å². The zero-order valence-electron chi connectivity index (χ0n) is 8.50. The van der Waals surface area contributed by atoms with Crippen LogP contribution in [0.5, 0.6) is 0 Å². The van der Waals surface area contributed by atoms with Gasteiger partial charge in [-0.2, -0.15) is 0 Å². The highest BCUT2D eigenvalue weighted by molar-refractivity contribution is 5.53. The number of nitrogens with one attached hydrogen (secondary N) is 1. The Bertz CT molecular complexity index is 544. The summed E-state index contributed by atoms with van der Waals surface area (Å²) in [7, 11) is 0. The Balaban J connectivity index is 2.20. The first-order valence-electron chi connectivity index (χ1n) is 4.65. The number of benzene rings is 1. The second-order valence-corrected chi connectivity index (χ2v) is 3.13. The highest BCUT2D eigenvalue weighted by atomic mass is 19.1. The number of para-hydroxylation sites is 1. The summed E-state index contributed by atoms with van der Waals surface area (Å²) in [6.07, 6.45) is 2.10. The highest BCUT2D eigenvalue weighted by Crippen LogP contribution is 2.17. The molecule has 0 aliphatic rings. The number of nitro groups is 1. The van der Waals surface area contributed by atoms with Crippen molar-refractivity contribution < 1.29 is 9.31 Å². The molecule has 0 unspecified atom stereocenters. The molecule has 1 heterocycles. The summed E-state index contributed by atoms with van der Waals surface area (Å²) >= 11 is 0. The number of rotatable bonds is 3. The fourth-order valence-electron chi connectivity index (χ4n) is 1.16. The Morgan fingerprint density at radius 1 is 1.24 bits per heavy atom. The van der Waals surface area contributed by atoms with E-state index in [0.717, 1.165) is 12.4 Å². The summed E-state index contributed by atoms with van der Waals surface area (Å²) in [6, 6.07) is 6.00. The van der Waals surface area contributed by atoms with E-state index in [4.69, 9.17) is 0 Å². The molecule has 0 aliphatic carbocycles. The molecule has 0 saturated carbocycles. The van der Waals surface area contributed by atoms with Crippen LogP contribution in [0.2, 0.25) is 0 Å². The predicted octanol–water partition coefficient (Wildman–Crippen LogP) is 2.27. The molecule has 0 fully saturated rings. The first-order valence-corrected chi connectivity index (χ1v) is 4.65. The Hall–Kier alpha value is -2.57. The number of halogens is 1. The lowest BCUT2D eigenvalue weighted by Crippen LogP contribution is -1.99. The number of nitrogens with zero attached hydrogens (tertiary/aromatic N) is 3. The Morgan fingerprint density at radius 3 is 2.47 bits per heavy atom. The molecule has 0 bridgehead atoms. The average molecular weight is 234 g/mol. The van der Waals surface area contributed by atoms with E-state index in [0.29, 0.717) is 0 Å². The van der Waals surface area contributed by atoms with Crippen LogP contribution in [0.1, 0.15) is 0 Å². The van der Waals surface area contributed by atoms with Crippen LogP contribution >= 0.6 is 0 Å². The summed E-state index contributed by atoms with van der Waals surface area (Å²) in [4.78, 5) is 17.2. The lowest BCUT2D eigenvalue weighted by Gasteiger charge is -2.04. The molecule has 2 aromatic rings. The average Bonchev–Trinajstić information content (AvgIpc) is 2.33. The Labute approximate surface area is 95.3 Å². The number of aromatic nitrogens is 2. The van der Waals surface area contributed by atoms with Gasteiger partial charge >= 0.3 is 5.69 Å². The van der Waals surface area contributed by atoms with Crippen molar-refractivity contribution in [1.29, 1.82) is 0 Å². The largest absolute Gasteiger partial charge is 0.322 e. The topological polar surface area (TPSA) is 81.0 Å². The van der Waals surface area contributed by atoms with Gasteiger partial charge in [0.25, 0.3) is 0 Å². The first-order chi connectivity index (χ1) is 8.16. The molecule has 1 N–H and O–H groups in total. The van der Waals surface area contributed by atoms with E-state index in [1.807, 2.05) is 0 Å². The monoisotopic (exact) mass is 234 g/mol. The van der Waals surface area contributed by atoms with Gasteiger partial charge in [0.05, 0.1) is 10.6 Å². The van der Waals surface area contributed by atoms with Crippen molar-refractivity contribution in [3.8, 4) is 0 Å².